The lowest BCUT2D eigenvalue weighted by Gasteiger charge is -2.03. The topological polar surface area (TPSA) is 29.9 Å². The third-order valence-electron chi connectivity index (χ3n) is 2.81. The molecule has 0 spiro atoms. The summed E-state index contributed by atoms with van der Waals surface area (Å²) < 4.78 is 1.84. The van der Waals surface area contributed by atoms with E-state index in [4.69, 9.17) is 0 Å². The van der Waals surface area contributed by atoms with Crippen molar-refractivity contribution in [2.45, 2.75) is 32.9 Å². The Morgan fingerprint density at radius 1 is 1.69 bits per heavy atom. The van der Waals surface area contributed by atoms with Crippen molar-refractivity contribution in [3.05, 3.63) is 18.0 Å². The number of hydrogen-bond donors (Lipinski definition) is 1. The first-order valence-corrected chi connectivity index (χ1v) is 4.80. The maximum absolute atomic E-state index is 4.31. The molecule has 1 saturated carbocycles. The van der Waals surface area contributed by atoms with E-state index in [1.54, 1.807) is 0 Å². The van der Waals surface area contributed by atoms with Crippen molar-refractivity contribution in [2.24, 2.45) is 12.5 Å². The zero-order chi connectivity index (χ0) is 9.47. The minimum Gasteiger partial charge on any atom is -0.308 e. The summed E-state index contributed by atoms with van der Waals surface area (Å²) in [7, 11) is 1.95. The fourth-order valence-corrected chi connectivity index (χ4v) is 1.60. The Labute approximate surface area is 79.1 Å². The Kier molecular flexibility index (Phi) is 1.91. The van der Waals surface area contributed by atoms with Gasteiger partial charge in [0.15, 0.2) is 0 Å². The van der Waals surface area contributed by atoms with E-state index in [2.05, 4.69) is 30.3 Å². The largest absolute Gasteiger partial charge is 0.308 e. The van der Waals surface area contributed by atoms with E-state index in [0.29, 0.717) is 11.5 Å². The van der Waals surface area contributed by atoms with Crippen LogP contribution in [-0.4, -0.2) is 15.8 Å². The number of nitrogens with zero attached hydrogens (tertiary/aromatic N) is 2. The molecule has 72 valence electrons. The molecule has 1 aromatic heterocycles. The molecule has 13 heavy (non-hydrogen) atoms. The standard InChI is InChI=1S/C10H17N3/c1-10(2)6-9(10)11-7-8-4-5-13(3)12-8/h4-5,9,11H,6-7H2,1-3H3. The number of hydrogen-bond acceptors (Lipinski definition) is 2. The number of aromatic nitrogens is 2. The molecular formula is C10H17N3. The highest BCUT2D eigenvalue weighted by Gasteiger charge is 2.45. The van der Waals surface area contributed by atoms with Crippen LogP contribution in [0.25, 0.3) is 0 Å². The Hall–Kier alpha value is -0.830. The van der Waals surface area contributed by atoms with Crippen LogP contribution < -0.4 is 5.32 Å². The van der Waals surface area contributed by atoms with Gasteiger partial charge in [-0.05, 0) is 17.9 Å². The quantitative estimate of drug-likeness (QED) is 0.758. The molecule has 2 rings (SSSR count). The van der Waals surface area contributed by atoms with Gasteiger partial charge in [-0.2, -0.15) is 5.10 Å². The van der Waals surface area contributed by atoms with Crippen molar-refractivity contribution in [1.82, 2.24) is 15.1 Å². The Morgan fingerprint density at radius 2 is 2.38 bits per heavy atom. The van der Waals surface area contributed by atoms with Crippen molar-refractivity contribution in [3.8, 4) is 0 Å². The molecule has 0 amide bonds. The Bertz CT molecular complexity index is 301. The van der Waals surface area contributed by atoms with Gasteiger partial charge in [0.05, 0.1) is 5.69 Å². The molecule has 1 aliphatic carbocycles. The summed E-state index contributed by atoms with van der Waals surface area (Å²) in [5, 5.41) is 7.81. The van der Waals surface area contributed by atoms with Gasteiger partial charge >= 0.3 is 0 Å². The summed E-state index contributed by atoms with van der Waals surface area (Å²) in [5.41, 5.74) is 1.64. The third-order valence-corrected chi connectivity index (χ3v) is 2.81. The molecule has 1 atom stereocenters. The van der Waals surface area contributed by atoms with Gasteiger partial charge in [0.25, 0.3) is 0 Å². The summed E-state index contributed by atoms with van der Waals surface area (Å²) in [4.78, 5) is 0. The number of rotatable bonds is 3. The van der Waals surface area contributed by atoms with Crippen LogP contribution in [0.15, 0.2) is 12.3 Å². The lowest BCUT2D eigenvalue weighted by molar-refractivity contribution is 0.536. The maximum Gasteiger partial charge on any atom is 0.0762 e. The second-order valence-corrected chi connectivity index (χ2v) is 4.61. The predicted octanol–water partition coefficient (Wildman–Crippen LogP) is 1.31. The molecule has 1 heterocycles. The first-order valence-electron chi connectivity index (χ1n) is 4.80. The van der Waals surface area contributed by atoms with Crippen molar-refractivity contribution >= 4 is 0 Å². The van der Waals surface area contributed by atoms with Gasteiger partial charge in [-0.3, -0.25) is 4.68 Å². The highest BCUT2D eigenvalue weighted by molar-refractivity contribution is 5.04. The molecule has 0 aliphatic heterocycles. The normalized spacial score (nSPS) is 24.7. The zero-order valence-electron chi connectivity index (χ0n) is 8.54. The summed E-state index contributed by atoms with van der Waals surface area (Å²) >= 11 is 0. The summed E-state index contributed by atoms with van der Waals surface area (Å²) in [6, 6.07) is 2.75. The average molecular weight is 179 g/mol. The van der Waals surface area contributed by atoms with Gasteiger partial charge in [0.2, 0.25) is 0 Å². The summed E-state index contributed by atoms with van der Waals surface area (Å²) in [5.74, 6) is 0. The van der Waals surface area contributed by atoms with Crippen LogP contribution in [0.4, 0.5) is 0 Å². The van der Waals surface area contributed by atoms with Crippen LogP contribution in [0.5, 0.6) is 0 Å². The maximum atomic E-state index is 4.31. The van der Waals surface area contributed by atoms with E-state index in [0.717, 1.165) is 12.2 Å². The van der Waals surface area contributed by atoms with E-state index < -0.39 is 0 Å². The molecule has 1 aromatic rings. The van der Waals surface area contributed by atoms with E-state index >= 15 is 0 Å². The first-order chi connectivity index (χ1) is 6.08. The van der Waals surface area contributed by atoms with Crippen molar-refractivity contribution in [2.75, 3.05) is 0 Å². The minimum absolute atomic E-state index is 0.509. The molecule has 0 aromatic carbocycles. The molecular weight excluding hydrogens is 162 g/mol. The zero-order valence-corrected chi connectivity index (χ0v) is 8.54. The van der Waals surface area contributed by atoms with Crippen LogP contribution in [0.2, 0.25) is 0 Å². The smallest absolute Gasteiger partial charge is 0.0762 e. The van der Waals surface area contributed by atoms with Crippen LogP contribution >= 0.6 is 0 Å². The molecule has 3 heteroatoms. The van der Waals surface area contributed by atoms with Gasteiger partial charge < -0.3 is 5.32 Å². The lowest BCUT2D eigenvalue weighted by Crippen LogP contribution is -2.20. The second-order valence-electron chi connectivity index (χ2n) is 4.61. The van der Waals surface area contributed by atoms with Crippen LogP contribution in [0, 0.1) is 5.41 Å². The number of aryl methyl sites for hydroxylation is 1. The van der Waals surface area contributed by atoms with E-state index in [1.807, 2.05) is 17.9 Å². The van der Waals surface area contributed by atoms with E-state index in [9.17, 15) is 0 Å². The minimum atomic E-state index is 0.509. The fraction of sp³-hybridized carbons (Fsp3) is 0.700. The van der Waals surface area contributed by atoms with Gasteiger partial charge in [0, 0.05) is 25.8 Å². The van der Waals surface area contributed by atoms with Crippen molar-refractivity contribution < 1.29 is 0 Å². The molecule has 1 aliphatic rings. The van der Waals surface area contributed by atoms with Crippen molar-refractivity contribution in [1.29, 1.82) is 0 Å². The second kappa shape index (κ2) is 2.84. The molecule has 1 fully saturated rings. The Morgan fingerprint density at radius 3 is 2.85 bits per heavy atom. The summed E-state index contributed by atoms with van der Waals surface area (Å²) in [6.07, 6.45) is 3.27. The number of nitrogens with one attached hydrogen (secondary N) is 1. The Balaban J connectivity index is 1.81. The average Bonchev–Trinajstić information content (AvgIpc) is 2.45. The monoisotopic (exact) mass is 179 g/mol. The van der Waals surface area contributed by atoms with Gasteiger partial charge in [0.1, 0.15) is 0 Å². The molecule has 1 unspecified atom stereocenters. The van der Waals surface area contributed by atoms with Crippen LogP contribution in [0.3, 0.4) is 0 Å². The van der Waals surface area contributed by atoms with Gasteiger partial charge in [-0.1, -0.05) is 13.8 Å². The van der Waals surface area contributed by atoms with Gasteiger partial charge in [-0.25, -0.2) is 0 Å². The summed E-state index contributed by atoms with van der Waals surface area (Å²) in [6.45, 7) is 5.49. The van der Waals surface area contributed by atoms with Crippen molar-refractivity contribution in [3.63, 3.8) is 0 Å². The third kappa shape index (κ3) is 1.91. The van der Waals surface area contributed by atoms with E-state index in [-0.39, 0.29) is 0 Å². The first kappa shape index (κ1) is 8.75. The highest BCUT2D eigenvalue weighted by atomic mass is 15.3. The van der Waals surface area contributed by atoms with Crippen LogP contribution in [0.1, 0.15) is 26.0 Å². The van der Waals surface area contributed by atoms with Gasteiger partial charge in [-0.15, -0.1) is 0 Å². The fourth-order valence-electron chi connectivity index (χ4n) is 1.60. The molecule has 0 radical (unpaired) electrons. The predicted molar refractivity (Wildman–Crippen MR) is 52.2 cm³/mol. The van der Waals surface area contributed by atoms with E-state index in [1.165, 1.54) is 6.42 Å². The molecule has 0 bridgehead atoms. The molecule has 1 N–H and O–H groups in total. The lowest BCUT2D eigenvalue weighted by atomic mass is 10.2. The van der Waals surface area contributed by atoms with Crippen LogP contribution in [-0.2, 0) is 13.6 Å². The molecule has 0 saturated heterocycles. The SMILES string of the molecule is Cn1ccc(CNC2CC2(C)C)n1. The highest BCUT2D eigenvalue weighted by Crippen LogP contribution is 2.44. The molecule has 3 nitrogen and oxygen atoms in total.